The Morgan fingerprint density at radius 2 is 2.00 bits per heavy atom. The van der Waals surface area contributed by atoms with E-state index < -0.39 is 0 Å². The molecule has 0 amide bonds. The second kappa shape index (κ2) is 5.25. The zero-order valence-electron chi connectivity index (χ0n) is 9.95. The lowest BCUT2D eigenvalue weighted by molar-refractivity contribution is 0.566. The lowest BCUT2D eigenvalue weighted by Gasteiger charge is -2.27. The summed E-state index contributed by atoms with van der Waals surface area (Å²) in [6.45, 7) is 4.85. The van der Waals surface area contributed by atoms with Crippen LogP contribution in [0.25, 0.3) is 0 Å². The number of hydrogen-bond donors (Lipinski definition) is 1. The van der Waals surface area contributed by atoms with Crippen molar-refractivity contribution in [1.82, 2.24) is 9.97 Å². The van der Waals surface area contributed by atoms with Crippen LogP contribution in [0.1, 0.15) is 30.7 Å². The van der Waals surface area contributed by atoms with Crippen molar-refractivity contribution in [2.75, 3.05) is 24.5 Å². The number of nitrogens with zero attached hydrogens (tertiary/aromatic N) is 3. The number of nitrogens with two attached hydrogens (primary N) is 1. The highest BCUT2D eigenvalue weighted by Gasteiger charge is 2.14. The summed E-state index contributed by atoms with van der Waals surface area (Å²) in [6, 6.07) is 2.03. The average molecular weight is 220 g/mol. The molecule has 0 aliphatic carbocycles. The van der Waals surface area contributed by atoms with Crippen LogP contribution in [0.2, 0.25) is 0 Å². The number of piperidine rings is 1. The standard InChI is InChI=1S/C12H20N4/c1-10-9-11(5-6-13)15-12(14-10)16-7-3-2-4-8-16/h9H,2-8,13H2,1H3. The van der Waals surface area contributed by atoms with Crippen molar-refractivity contribution < 1.29 is 0 Å². The molecular formula is C12H20N4. The van der Waals surface area contributed by atoms with Gasteiger partial charge < -0.3 is 10.6 Å². The molecule has 0 aromatic carbocycles. The van der Waals surface area contributed by atoms with Crippen LogP contribution in [-0.2, 0) is 6.42 Å². The maximum absolute atomic E-state index is 5.57. The predicted octanol–water partition coefficient (Wildman–Crippen LogP) is 1.28. The van der Waals surface area contributed by atoms with Crippen LogP contribution >= 0.6 is 0 Å². The van der Waals surface area contributed by atoms with Gasteiger partial charge in [0.2, 0.25) is 5.95 Å². The van der Waals surface area contributed by atoms with E-state index in [1.54, 1.807) is 0 Å². The molecule has 1 aliphatic rings. The van der Waals surface area contributed by atoms with E-state index in [4.69, 9.17) is 5.73 Å². The molecule has 1 aromatic rings. The summed E-state index contributed by atoms with van der Waals surface area (Å²) >= 11 is 0. The fourth-order valence-corrected chi connectivity index (χ4v) is 2.13. The molecule has 1 saturated heterocycles. The molecule has 16 heavy (non-hydrogen) atoms. The summed E-state index contributed by atoms with van der Waals surface area (Å²) in [6.07, 6.45) is 4.68. The topological polar surface area (TPSA) is 55.0 Å². The van der Waals surface area contributed by atoms with E-state index >= 15 is 0 Å². The lowest BCUT2D eigenvalue weighted by atomic mass is 10.1. The van der Waals surface area contributed by atoms with Gasteiger partial charge in [0.25, 0.3) is 0 Å². The molecule has 2 rings (SSSR count). The third-order valence-corrected chi connectivity index (χ3v) is 2.93. The minimum atomic E-state index is 0.649. The zero-order chi connectivity index (χ0) is 11.4. The van der Waals surface area contributed by atoms with Gasteiger partial charge in [0, 0.05) is 30.9 Å². The Kier molecular flexibility index (Phi) is 3.72. The minimum absolute atomic E-state index is 0.649. The summed E-state index contributed by atoms with van der Waals surface area (Å²) in [5, 5.41) is 0. The fraction of sp³-hybridized carbons (Fsp3) is 0.667. The van der Waals surface area contributed by atoms with Gasteiger partial charge in [0.15, 0.2) is 0 Å². The Bertz CT molecular complexity index is 345. The van der Waals surface area contributed by atoms with Crippen molar-refractivity contribution in [3.8, 4) is 0 Å². The van der Waals surface area contributed by atoms with Gasteiger partial charge in [-0.15, -0.1) is 0 Å². The number of rotatable bonds is 3. The molecule has 88 valence electrons. The first kappa shape index (κ1) is 11.3. The van der Waals surface area contributed by atoms with Crippen LogP contribution < -0.4 is 10.6 Å². The predicted molar refractivity (Wildman–Crippen MR) is 65.6 cm³/mol. The monoisotopic (exact) mass is 220 g/mol. The molecule has 0 atom stereocenters. The summed E-state index contributed by atoms with van der Waals surface area (Å²) in [7, 11) is 0. The molecule has 1 fully saturated rings. The number of hydrogen-bond acceptors (Lipinski definition) is 4. The van der Waals surface area contributed by atoms with E-state index in [0.29, 0.717) is 6.54 Å². The Morgan fingerprint density at radius 1 is 1.25 bits per heavy atom. The number of aromatic nitrogens is 2. The third kappa shape index (κ3) is 2.70. The van der Waals surface area contributed by atoms with Crippen LogP contribution in [0.3, 0.4) is 0 Å². The SMILES string of the molecule is Cc1cc(CCN)nc(N2CCCCC2)n1. The molecule has 4 nitrogen and oxygen atoms in total. The molecule has 2 heterocycles. The van der Waals surface area contributed by atoms with Crippen molar-refractivity contribution in [3.05, 3.63) is 17.5 Å². The van der Waals surface area contributed by atoms with Gasteiger partial charge in [0.05, 0.1) is 0 Å². The van der Waals surface area contributed by atoms with Gasteiger partial charge in [-0.25, -0.2) is 9.97 Å². The quantitative estimate of drug-likeness (QED) is 0.833. The number of anilines is 1. The van der Waals surface area contributed by atoms with E-state index in [-0.39, 0.29) is 0 Å². The Labute approximate surface area is 96.9 Å². The molecule has 1 aromatic heterocycles. The average Bonchev–Trinajstić information content (AvgIpc) is 2.30. The largest absolute Gasteiger partial charge is 0.341 e. The number of aryl methyl sites for hydroxylation is 1. The summed E-state index contributed by atoms with van der Waals surface area (Å²) in [4.78, 5) is 11.4. The molecule has 2 N–H and O–H groups in total. The molecule has 0 saturated carbocycles. The van der Waals surface area contributed by atoms with Gasteiger partial charge in [0.1, 0.15) is 0 Å². The first-order chi connectivity index (χ1) is 7.79. The molecule has 0 bridgehead atoms. The first-order valence-corrected chi connectivity index (χ1v) is 6.09. The van der Waals surface area contributed by atoms with Crippen molar-refractivity contribution in [2.45, 2.75) is 32.6 Å². The van der Waals surface area contributed by atoms with Gasteiger partial charge in [-0.2, -0.15) is 0 Å². The van der Waals surface area contributed by atoms with Crippen LogP contribution in [0.15, 0.2) is 6.07 Å². The van der Waals surface area contributed by atoms with Crippen LogP contribution in [0.5, 0.6) is 0 Å². The second-order valence-corrected chi connectivity index (χ2v) is 4.39. The summed E-state index contributed by atoms with van der Waals surface area (Å²) < 4.78 is 0. The molecule has 0 radical (unpaired) electrons. The third-order valence-electron chi connectivity index (χ3n) is 2.93. The van der Waals surface area contributed by atoms with Crippen LogP contribution in [-0.4, -0.2) is 29.6 Å². The van der Waals surface area contributed by atoms with Crippen LogP contribution in [0.4, 0.5) is 5.95 Å². The highest BCUT2D eigenvalue weighted by Crippen LogP contribution is 2.16. The molecule has 0 unspecified atom stereocenters. The van der Waals surface area contributed by atoms with Crippen molar-refractivity contribution >= 4 is 5.95 Å². The molecule has 0 spiro atoms. The van der Waals surface area contributed by atoms with Crippen molar-refractivity contribution in [1.29, 1.82) is 0 Å². The maximum atomic E-state index is 5.57. The highest BCUT2D eigenvalue weighted by atomic mass is 15.3. The van der Waals surface area contributed by atoms with Gasteiger partial charge in [-0.1, -0.05) is 0 Å². The second-order valence-electron chi connectivity index (χ2n) is 4.39. The van der Waals surface area contributed by atoms with E-state index in [1.807, 2.05) is 13.0 Å². The van der Waals surface area contributed by atoms with E-state index in [9.17, 15) is 0 Å². The fourth-order valence-electron chi connectivity index (χ4n) is 2.13. The van der Waals surface area contributed by atoms with Crippen molar-refractivity contribution in [3.63, 3.8) is 0 Å². The smallest absolute Gasteiger partial charge is 0.225 e. The lowest BCUT2D eigenvalue weighted by Crippen LogP contribution is -2.31. The molecule has 4 heteroatoms. The molecular weight excluding hydrogens is 200 g/mol. The van der Waals surface area contributed by atoms with Gasteiger partial charge in [-0.05, 0) is 38.8 Å². The van der Waals surface area contributed by atoms with Gasteiger partial charge in [-0.3, -0.25) is 0 Å². The van der Waals surface area contributed by atoms with E-state index in [2.05, 4.69) is 14.9 Å². The maximum Gasteiger partial charge on any atom is 0.225 e. The van der Waals surface area contributed by atoms with Crippen LogP contribution in [0, 0.1) is 6.92 Å². The molecule has 1 aliphatic heterocycles. The normalized spacial score (nSPS) is 16.5. The Hall–Kier alpha value is -1.16. The van der Waals surface area contributed by atoms with Crippen molar-refractivity contribution in [2.24, 2.45) is 5.73 Å². The summed E-state index contributed by atoms with van der Waals surface area (Å²) in [5.74, 6) is 0.892. The Balaban J connectivity index is 2.18. The Morgan fingerprint density at radius 3 is 2.69 bits per heavy atom. The zero-order valence-corrected chi connectivity index (χ0v) is 9.95. The van der Waals surface area contributed by atoms with Gasteiger partial charge >= 0.3 is 0 Å². The van der Waals surface area contributed by atoms with E-state index in [1.165, 1.54) is 19.3 Å². The minimum Gasteiger partial charge on any atom is -0.341 e. The first-order valence-electron chi connectivity index (χ1n) is 6.09. The summed E-state index contributed by atoms with van der Waals surface area (Å²) in [5.41, 5.74) is 7.67. The highest BCUT2D eigenvalue weighted by molar-refractivity contribution is 5.32. The van der Waals surface area contributed by atoms with E-state index in [0.717, 1.165) is 36.8 Å².